The Morgan fingerprint density at radius 3 is 2.77 bits per heavy atom. The van der Waals surface area contributed by atoms with E-state index >= 15 is 0 Å². The molecule has 2 N–H and O–H groups in total. The van der Waals surface area contributed by atoms with Gasteiger partial charge < -0.3 is 15.2 Å². The monoisotopic (exact) mass is 320 g/mol. The molecule has 1 aromatic carbocycles. The number of benzene rings is 1. The highest BCUT2D eigenvalue weighted by Gasteiger charge is 2.18. The Labute approximate surface area is 131 Å². The first kappa shape index (κ1) is 16.0. The molecule has 2 rings (SSSR count). The fourth-order valence-corrected chi connectivity index (χ4v) is 2.34. The number of nitrogens with one attached hydrogen (secondary N) is 1. The molecule has 0 aliphatic carbocycles. The molecule has 1 aromatic heterocycles. The van der Waals surface area contributed by atoms with Gasteiger partial charge in [-0.1, -0.05) is 12.1 Å². The normalized spacial score (nSPS) is 11.7. The number of hydrogen-bond donors (Lipinski definition) is 2. The quantitative estimate of drug-likeness (QED) is 0.852. The van der Waals surface area contributed by atoms with E-state index in [4.69, 9.17) is 9.84 Å². The first-order chi connectivity index (χ1) is 10.5. The molecule has 7 heteroatoms. The molecule has 116 valence electrons. The Balaban J connectivity index is 2.09. The van der Waals surface area contributed by atoms with Crippen molar-refractivity contribution in [3.8, 4) is 5.75 Å². The molecule has 0 bridgehead atoms. The Morgan fingerprint density at radius 2 is 2.14 bits per heavy atom. The number of thiazole rings is 1. The molecule has 22 heavy (non-hydrogen) atoms. The van der Waals surface area contributed by atoms with Crippen molar-refractivity contribution in [3.05, 3.63) is 45.9 Å². The summed E-state index contributed by atoms with van der Waals surface area (Å²) in [6, 6.07) is 5.73. The molecular weight excluding hydrogens is 304 g/mol. The van der Waals surface area contributed by atoms with E-state index in [2.05, 4.69) is 10.3 Å². The van der Waals surface area contributed by atoms with E-state index in [1.807, 2.05) is 12.3 Å². The van der Waals surface area contributed by atoms with Gasteiger partial charge in [-0.15, -0.1) is 11.3 Å². The van der Waals surface area contributed by atoms with Crippen LogP contribution >= 0.6 is 11.3 Å². The minimum Gasteiger partial charge on any atom is -0.486 e. The van der Waals surface area contributed by atoms with Crippen molar-refractivity contribution in [3.63, 3.8) is 0 Å². The smallest absolute Gasteiger partial charge is 0.325 e. The fourth-order valence-electron chi connectivity index (χ4n) is 1.74. The second-order valence-corrected chi connectivity index (χ2v) is 5.74. The van der Waals surface area contributed by atoms with Crippen LogP contribution in [0.3, 0.4) is 0 Å². The lowest BCUT2D eigenvalue weighted by Crippen LogP contribution is -2.38. The van der Waals surface area contributed by atoms with E-state index in [0.29, 0.717) is 11.3 Å². The number of carbonyl (C=O) groups is 2. The number of aliphatic carboxylic acids is 1. The van der Waals surface area contributed by atoms with Crippen molar-refractivity contribution in [2.75, 3.05) is 0 Å². The molecule has 0 aliphatic rings. The molecule has 2 aromatic rings. The van der Waals surface area contributed by atoms with Gasteiger partial charge in [-0.3, -0.25) is 9.59 Å². The highest BCUT2D eigenvalue weighted by Crippen LogP contribution is 2.20. The molecule has 0 aliphatic heterocycles. The fraction of sp³-hybridized carbons (Fsp3) is 0.267. The van der Waals surface area contributed by atoms with Crippen molar-refractivity contribution in [2.24, 2.45) is 0 Å². The maximum atomic E-state index is 12.1. The van der Waals surface area contributed by atoms with Crippen LogP contribution < -0.4 is 10.1 Å². The van der Waals surface area contributed by atoms with Crippen LogP contribution in [0.1, 0.15) is 28.0 Å². The third-order valence-electron chi connectivity index (χ3n) is 2.89. The predicted octanol–water partition coefficient (Wildman–Crippen LogP) is 2.23. The Kier molecular flexibility index (Phi) is 5.11. The molecule has 1 amide bonds. The molecule has 6 nitrogen and oxygen atoms in total. The standard InChI is InChI=1S/C15H16N2O4S/c1-9(15(19)20)16-14(18)12-5-3-4-6-13(12)21-7-11-8-22-10(2)17-11/h3-6,8-9H,7H2,1-2H3,(H,16,18)(H,19,20)/t9-/m0/s1. The van der Waals surface area contributed by atoms with Crippen LogP contribution in [0.25, 0.3) is 0 Å². The third-order valence-corrected chi connectivity index (χ3v) is 3.71. The number of hydrogen-bond acceptors (Lipinski definition) is 5. The van der Waals surface area contributed by atoms with Gasteiger partial charge in [0, 0.05) is 5.38 Å². The average Bonchev–Trinajstić information content (AvgIpc) is 2.90. The van der Waals surface area contributed by atoms with Gasteiger partial charge in [0.1, 0.15) is 18.4 Å². The molecule has 1 heterocycles. The van der Waals surface area contributed by atoms with Crippen LogP contribution in [0.15, 0.2) is 29.6 Å². The number of carboxylic acid groups (broad SMARTS) is 1. The maximum Gasteiger partial charge on any atom is 0.325 e. The van der Waals surface area contributed by atoms with Crippen LogP contribution in [0, 0.1) is 6.92 Å². The number of aryl methyl sites for hydroxylation is 1. The minimum absolute atomic E-state index is 0.253. The average molecular weight is 320 g/mol. The van der Waals surface area contributed by atoms with Gasteiger partial charge in [0.15, 0.2) is 0 Å². The van der Waals surface area contributed by atoms with Crippen molar-refractivity contribution >= 4 is 23.2 Å². The van der Waals surface area contributed by atoms with E-state index in [-0.39, 0.29) is 6.61 Å². The van der Waals surface area contributed by atoms with Gasteiger partial charge in [0.05, 0.1) is 16.3 Å². The number of ether oxygens (including phenoxy) is 1. The summed E-state index contributed by atoms with van der Waals surface area (Å²) in [4.78, 5) is 27.2. The van der Waals surface area contributed by atoms with Crippen LogP contribution in [0.5, 0.6) is 5.75 Å². The highest BCUT2D eigenvalue weighted by molar-refractivity contribution is 7.09. The van der Waals surface area contributed by atoms with Gasteiger partial charge in [-0.05, 0) is 26.0 Å². The molecule has 0 saturated heterocycles. The lowest BCUT2D eigenvalue weighted by Gasteiger charge is -2.13. The second-order valence-electron chi connectivity index (χ2n) is 4.68. The van der Waals surface area contributed by atoms with Gasteiger partial charge >= 0.3 is 5.97 Å². The number of para-hydroxylation sites is 1. The topological polar surface area (TPSA) is 88.5 Å². The van der Waals surface area contributed by atoms with Crippen LogP contribution in [-0.4, -0.2) is 28.0 Å². The number of rotatable bonds is 6. The number of carboxylic acids is 1. The summed E-state index contributed by atoms with van der Waals surface area (Å²) in [7, 11) is 0. The van der Waals surface area contributed by atoms with Crippen molar-refractivity contribution < 1.29 is 19.4 Å². The number of nitrogens with zero attached hydrogens (tertiary/aromatic N) is 1. The van der Waals surface area contributed by atoms with E-state index in [1.165, 1.54) is 18.3 Å². The second kappa shape index (κ2) is 7.04. The number of amides is 1. The van der Waals surface area contributed by atoms with Gasteiger partial charge in [-0.25, -0.2) is 4.98 Å². The highest BCUT2D eigenvalue weighted by atomic mass is 32.1. The molecule has 0 spiro atoms. The van der Waals surface area contributed by atoms with Crippen molar-refractivity contribution in [1.82, 2.24) is 10.3 Å². The predicted molar refractivity (Wildman–Crippen MR) is 82.2 cm³/mol. The molecule has 0 unspecified atom stereocenters. The summed E-state index contributed by atoms with van der Waals surface area (Å²) in [5.41, 5.74) is 1.08. The van der Waals surface area contributed by atoms with E-state index < -0.39 is 17.9 Å². The van der Waals surface area contributed by atoms with Gasteiger partial charge in [-0.2, -0.15) is 0 Å². The van der Waals surface area contributed by atoms with E-state index in [9.17, 15) is 9.59 Å². The molecular formula is C15H16N2O4S. The van der Waals surface area contributed by atoms with Crippen molar-refractivity contribution in [2.45, 2.75) is 26.5 Å². The van der Waals surface area contributed by atoms with Crippen LogP contribution in [-0.2, 0) is 11.4 Å². The lowest BCUT2D eigenvalue weighted by atomic mass is 10.1. The first-order valence-electron chi connectivity index (χ1n) is 6.64. The van der Waals surface area contributed by atoms with Crippen LogP contribution in [0.4, 0.5) is 0 Å². The largest absolute Gasteiger partial charge is 0.486 e. The van der Waals surface area contributed by atoms with Crippen molar-refractivity contribution in [1.29, 1.82) is 0 Å². The minimum atomic E-state index is -1.09. The van der Waals surface area contributed by atoms with E-state index in [0.717, 1.165) is 10.7 Å². The number of aromatic nitrogens is 1. The number of carbonyl (C=O) groups excluding carboxylic acids is 1. The SMILES string of the molecule is Cc1nc(COc2ccccc2C(=O)N[C@@H](C)C(=O)O)cs1. The molecule has 1 atom stereocenters. The van der Waals surface area contributed by atoms with Gasteiger partial charge in [0.2, 0.25) is 0 Å². The first-order valence-corrected chi connectivity index (χ1v) is 7.52. The van der Waals surface area contributed by atoms with E-state index in [1.54, 1.807) is 24.3 Å². The third kappa shape index (κ3) is 4.05. The van der Waals surface area contributed by atoms with Gasteiger partial charge in [0.25, 0.3) is 5.91 Å². The Bertz CT molecular complexity index is 684. The summed E-state index contributed by atoms with van der Waals surface area (Å²) in [6.07, 6.45) is 0. The Hall–Kier alpha value is -2.41. The zero-order valence-corrected chi connectivity index (χ0v) is 13.0. The summed E-state index contributed by atoms with van der Waals surface area (Å²) >= 11 is 1.53. The van der Waals surface area contributed by atoms with Crippen LogP contribution in [0.2, 0.25) is 0 Å². The molecule has 0 saturated carbocycles. The lowest BCUT2D eigenvalue weighted by molar-refractivity contribution is -0.138. The summed E-state index contributed by atoms with van der Waals surface area (Å²) in [5, 5.41) is 14.1. The molecule has 0 radical (unpaired) electrons. The molecule has 0 fully saturated rings. The Morgan fingerprint density at radius 1 is 1.41 bits per heavy atom. The zero-order chi connectivity index (χ0) is 16.1. The summed E-state index contributed by atoms with van der Waals surface area (Å²) < 4.78 is 5.64. The zero-order valence-electron chi connectivity index (χ0n) is 12.2. The summed E-state index contributed by atoms with van der Waals surface area (Å²) in [6.45, 7) is 3.56. The summed E-state index contributed by atoms with van der Waals surface area (Å²) in [5.74, 6) is -1.19. The maximum absolute atomic E-state index is 12.1.